The number of aliphatic hydroxyl groups is 1. The Morgan fingerprint density at radius 1 is 1.89 bits per heavy atom. The molecule has 4 nitrogen and oxygen atoms in total. The van der Waals surface area contributed by atoms with Gasteiger partial charge in [0.25, 0.3) is 0 Å². The molecule has 52 valence electrons. The van der Waals surface area contributed by atoms with Crippen LogP contribution in [0.2, 0.25) is 0 Å². The largest absolute Gasteiger partial charge is 0.376 e. The maximum Gasteiger partial charge on any atom is 0.218 e. The fourth-order valence-electron chi connectivity index (χ4n) is 0.288. The minimum absolute atomic E-state index is 0.0694. The van der Waals surface area contributed by atoms with Gasteiger partial charge in [0.1, 0.15) is 6.73 Å². The van der Waals surface area contributed by atoms with E-state index in [0.717, 1.165) is 0 Å². The van der Waals surface area contributed by atoms with Crippen molar-refractivity contribution in [2.24, 2.45) is 4.99 Å². The number of hydrogen-bond donors (Lipinski definition) is 2. The Morgan fingerprint density at radius 2 is 2.44 bits per heavy atom. The number of nitrogens with zero attached hydrogens (tertiary/aromatic N) is 2. The SMILES string of the molecule is CC=NC(=N)N(C)CO. The summed E-state index contributed by atoms with van der Waals surface area (Å²) in [4.78, 5) is 4.94. The Bertz CT molecular complexity index is 121. The van der Waals surface area contributed by atoms with Gasteiger partial charge in [-0.3, -0.25) is 5.41 Å². The molecule has 0 amide bonds. The lowest BCUT2D eigenvalue weighted by Crippen LogP contribution is -2.24. The summed E-state index contributed by atoms with van der Waals surface area (Å²) < 4.78 is 0. The highest BCUT2D eigenvalue weighted by Gasteiger charge is 1.95. The second kappa shape index (κ2) is 4.03. The highest BCUT2D eigenvalue weighted by molar-refractivity contribution is 5.84. The molecular formula is C5H11N3O. The topological polar surface area (TPSA) is 59.7 Å². The first kappa shape index (κ1) is 8.10. The van der Waals surface area contributed by atoms with Gasteiger partial charge in [0.15, 0.2) is 0 Å². The molecule has 0 unspecified atom stereocenters. The van der Waals surface area contributed by atoms with Crippen LogP contribution in [-0.4, -0.2) is 36.0 Å². The lowest BCUT2D eigenvalue weighted by atomic mass is 10.8. The van der Waals surface area contributed by atoms with E-state index in [1.807, 2.05) is 0 Å². The van der Waals surface area contributed by atoms with Crippen molar-refractivity contribution < 1.29 is 5.11 Å². The van der Waals surface area contributed by atoms with Gasteiger partial charge < -0.3 is 10.0 Å². The summed E-state index contributed by atoms with van der Waals surface area (Å²) in [6.45, 7) is 1.55. The van der Waals surface area contributed by atoms with E-state index in [9.17, 15) is 0 Å². The van der Waals surface area contributed by atoms with Crippen LogP contribution in [0.25, 0.3) is 0 Å². The lowest BCUT2D eigenvalue weighted by Gasteiger charge is -2.11. The molecule has 0 aliphatic carbocycles. The third-order valence-corrected chi connectivity index (χ3v) is 0.825. The van der Waals surface area contributed by atoms with Crippen molar-refractivity contribution >= 4 is 12.2 Å². The van der Waals surface area contributed by atoms with Crippen molar-refractivity contribution in [2.45, 2.75) is 6.92 Å². The van der Waals surface area contributed by atoms with Gasteiger partial charge in [-0.25, -0.2) is 4.99 Å². The fraction of sp³-hybridized carbons (Fsp3) is 0.600. The van der Waals surface area contributed by atoms with Gasteiger partial charge in [0.05, 0.1) is 0 Å². The van der Waals surface area contributed by atoms with E-state index in [0.29, 0.717) is 0 Å². The molecule has 0 aliphatic heterocycles. The Kier molecular flexibility index (Phi) is 3.62. The van der Waals surface area contributed by atoms with Crippen LogP contribution in [0, 0.1) is 5.41 Å². The molecule has 0 atom stereocenters. The van der Waals surface area contributed by atoms with Gasteiger partial charge in [-0.2, -0.15) is 0 Å². The zero-order chi connectivity index (χ0) is 7.28. The zero-order valence-electron chi connectivity index (χ0n) is 5.63. The summed E-state index contributed by atoms with van der Waals surface area (Å²) in [7, 11) is 1.59. The molecule has 4 heteroatoms. The number of aliphatic imine (C=N–C) groups is 1. The zero-order valence-corrected chi connectivity index (χ0v) is 5.63. The second-order valence-corrected chi connectivity index (χ2v) is 1.55. The summed E-state index contributed by atoms with van der Waals surface area (Å²) in [6.07, 6.45) is 1.51. The molecule has 0 bridgehead atoms. The van der Waals surface area contributed by atoms with Crippen LogP contribution in [0.3, 0.4) is 0 Å². The van der Waals surface area contributed by atoms with Gasteiger partial charge in [0, 0.05) is 13.3 Å². The molecule has 0 aromatic carbocycles. The molecule has 0 radical (unpaired) electrons. The summed E-state index contributed by atoms with van der Waals surface area (Å²) in [5.41, 5.74) is 0. The van der Waals surface area contributed by atoms with Crippen LogP contribution >= 0.6 is 0 Å². The van der Waals surface area contributed by atoms with E-state index < -0.39 is 0 Å². The molecule has 0 heterocycles. The van der Waals surface area contributed by atoms with Crippen molar-refractivity contribution in [3.05, 3.63) is 0 Å². The minimum atomic E-state index is -0.170. The van der Waals surface area contributed by atoms with E-state index in [-0.39, 0.29) is 12.7 Å². The van der Waals surface area contributed by atoms with Crippen LogP contribution in [0.15, 0.2) is 4.99 Å². The predicted molar refractivity (Wildman–Crippen MR) is 36.7 cm³/mol. The van der Waals surface area contributed by atoms with Crippen LogP contribution in [0.4, 0.5) is 0 Å². The van der Waals surface area contributed by atoms with Crippen LogP contribution in [-0.2, 0) is 0 Å². The number of guanidine groups is 1. The van der Waals surface area contributed by atoms with Crippen LogP contribution in [0.5, 0.6) is 0 Å². The normalized spacial score (nSPS) is 10.1. The van der Waals surface area contributed by atoms with E-state index in [1.54, 1.807) is 14.0 Å². The molecule has 0 aliphatic rings. The van der Waals surface area contributed by atoms with Gasteiger partial charge in [-0.15, -0.1) is 0 Å². The summed E-state index contributed by atoms with van der Waals surface area (Å²) in [6, 6.07) is 0. The van der Waals surface area contributed by atoms with E-state index >= 15 is 0 Å². The first-order valence-corrected chi connectivity index (χ1v) is 2.61. The highest BCUT2D eigenvalue weighted by Crippen LogP contribution is 1.81. The standard InChI is InChI=1S/C5H11N3O/c1-3-7-5(6)8(2)4-9/h3,6,9H,4H2,1-2H3. The van der Waals surface area contributed by atoms with Gasteiger partial charge >= 0.3 is 0 Å². The molecule has 9 heavy (non-hydrogen) atoms. The maximum atomic E-state index is 8.44. The Hall–Kier alpha value is -0.900. The number of aliphatic hydroxyl groups excluding tert-OH is 1. The van der Waals surface area contributed by atoms with Crippen molar-refractivity contribution in [3.63, 3.8) is 0 Å². The third kappa shape index (κ3) is 2.81. The molecule has 0 aromatic heterocycles. The van der Waals surface area contributed by atoms with E-state index in [2.05, 4.69) is 4.99 Å². The molecule has 0 aromatic rings. The monoisotopic (exact) mass is 129 g/mol. The van der Waals surface area contributed by atoms with Crippen molar-refractivity contribution in [2.75, 3.05) is 13.8 Å². The summed E-state index contributed by atoms with van der Waals surface area (Å²) >= 11 is 0. The number of rotatable bonds is 1. The molecule has 2 N–H and O–H groups in total. The molecule has 0 saturated heterocycles. The molecular weight excluding hydrogens is 118 g/mol. The van der Waals surface area contributed by atoms with Crippen molar-refractivity contribution in [1.82, 2.24) is 4.90 Å². The van der Waals surface area contributed by atoms with Gasteiger partial charge in [0.2, 0.25) is 5.96 Å². The predicted octanol–water partition coefficient (Wildman–Crippen LogP) is -0.107. The molecule has 0 fully saturated rings. The molecule has 0 saturated carbocycles. The second-order valence-electron chi connectivity index (χ2n) is 1.55. The quantitative estimate of drug-likeness (QED) is 0.295. The number of hydrogen-bond acceptors (Lipinski definition) is 2. The average Bonchev–Trinajstić information content (AvgIpc) is 1.87. The fourth-order valence-corrected chi connectivity index (χ4v) is 0.288. The smallest absolute Gasteiger partial charge is 0.218 e. The van der Waals surface area contributed by atoms with Gasteiger partial charge in [-0.05, 0) is 6.92 Å². The Balaban J connectivity index is 3.73. The van der Waals surface area contributed by atoms with Crippen LogP contribution in [0.1, 0.15) is 6.92 Å². The average molecular weight is 129 g/mol. The lowest BCUT2D eigenvalue weighted by molar-refractivity contribution is 0.190. The molecule has 0 spiro atoms. The molecule has 0 rings (SSSR count). The maximum absolute atomic E-state index is 8.44. The number of nitrogens with one attached hydrogen (secondary N) is 1. The van der Waals surface area contributed by atoms with Gasteiger partial charge in [-0.1, -0.05) is 0 Å². The minimum Gasteiger partial charge on any atom is -0.376 e. The Labute approximate surface area is 54.3 Å². The van der Waals surface area contributed by atoms with E-state index in [1.165, 1.54) is 11.1 Å². The first-order chi connectivity index (χ1) is 4.22. The van der Waals surface area contributed by atoms with Crippen LogP contribution < -0.4 is 0 Å². The third-order valence-electron chi connectivity index (χ3n) is 0.825. The summed E-state index contributed by atoms with van der Waals surface area (Å²) in [5.74, 6) is 0.0694. The highest BCUT2D eigenvalue weighted by atomic mass is 16.3. The van der Waals surface area contributed by atoms with Crippen molar-refractivity contribution in [1.29, 1.82) is 5.41 Å². The summed E-state index contributed by atoms with van der Waals surface area (Å²) in [5, 5.41) is 15.5. The van der Waals surface area contributed by atoms with Crippen molar-refractivity contribution in [3.8, 4) is 0 Å². The Morgan fingerprint density at radius 3 is 2.78 bits per heavy atom. The first-order valence-electron chi connectivity index (χ1n) is 2.61. The van der Waals surface area contributed by atoms with E-state index in [4.69, 9.17) is 10.5 Å².